The molecule has 1 aliphatic carbocycles. The number of aliphatic hydroxyl groups is 1. The van der Waals surface area contributed by atoms with Gasteiger partial charge in [0.25, 0.3) is 0 Å². The van der Waals surface area contributed by atoms with Gasteiger partial charge >= 0.3 is 5.97 Å². The number of alkyl halides is 1. The van der Waals surface area contributed by atoms with E-state index in [9.17, 15) is 14.3 Å². The topological polar surface area (TPSA) is 57.5 Å². The summed E-state index contributed by atoms with van der Waals surface area (Å²) < 4.78 is 14.4. The van der Waals surface area contributed by atoms with E-state index < -0.39 is 17.6 Å². The molecule has 2 unspecified atom stereocenters. The highest BCUT2D eigenvalue weighted by Gasteiger charge is 2.44. The predicted molar refractivity (Wildman–Crippen MR) is 82.0 cm³/mol. The van der Waals surface area contributed by atoms with Gasteiger partial charge in [0.1, 0.15) is 5.76 Å². The molecule has 0 bridgehead atoms. The molecule has 4 heteroatoms. The summed E-state index contributed by atoms with van der Waals surface area (Å²) in [7, 11) is 0. The second kappa shape index (κ2) is 8.85. The van der Waals surface area contributed by atoms with Gasteiger partial charge in [-0.1, -0.05) is 58.3 Å². The fourth-order valence-electron chi connectivity index (χ4n) is 2.73. The Kier molecular flexibility index (Phi) is 7.48. The maximum Gasteiger partial charge on any atom is 0.346 e. The Morgan fingerprint density at radius 1 is 1.19 bits per heavy atom. The van der Waals surface area contributed by atoms with Crippen LogP contribution < -0.4 is 0 Å². The number of aliphatic hydroxyl groups excluding tert-OH is 1. The van der Waals surface area contributed by atoms with Gasteiger partial charge in [-0.25, -0.2) is 9.18 Å². The molecule has 120 valence electrons. The lowest BCUT2D eigenvalue weighted by Gasteiger charge is -2.27. The van der Waals surface area contributed by atoms with Crippen LogP contribution in [0.5, 0.6) is 0 Å². The minimum absolute atomic E-state index is 0.0471. The van der Waals surface area contributed by atoms with E-state index in [2.05, 4.69) is 6.92 Å². The molecule has 3 nitrogen and oxygen atoms in total. The standard InChI is InChI=1S/C17H27FO3/c1-2-3-4-5-6-7-8-9-10-14-13-15(19)11-12-17(14,18)16(20)21/h11-14,19H,2-10H2,1H3,(H,20,21). The lowest BCUT2D eigenvalue weighted by molar-refractivity contribution is -0.150. The molecule has 0 heterocycles. The van der Waals surface area contributed by atoms with Crippen LogP contribution in [0, 0.1) is 5.92 Å². The molecular weight excluding hydrogens is 271 g/mol. The van der Waals surface area contributed by atoms with Gasteiger partial charge < -0.3 is 10.2 Å². The first kappa shape index (κ1) is 17.7. The van der Waals surface area contributed by atoms with Gasteiger partial charge in [-0.05, 0) is 24.6 Å². The number of carboxylic acid groups (broad SMARTS) is 1. The number of halogens is 1. The van der Waals surface area contributed by atoms with Crippen molar-refractivity contribution in [3.05, 3.63) is 24.0 Å². The van der Waals surface area contributed by atoms with Crippen LogP contribution >= 0.6 is 0 Å². The average molecular weight is 298 g/mol. The molecule has 2 N–H and O–H groups in total. The van der Waals surface area contributed by atoms with Crippen LogP contribution in [0.4, 0.5) is 4.39 Å². The molecule has 0 saturated heterocycles. The Hall–Kier alpha value is -1.32. The Morgan fingerprint density at radius 2 is 1.76 bits per heavy atom. The summed E-state index contributed by atoms with van der Waals surface area (Å²) in [6, 6.07) is 0. The summed E-state index contributed by atoms with van der Waals surface area (Å²) in [6.07, 6.45) is 12.9. The van der Waals surface area contributed by atoms with Crippen molar-refractivity contribution in [2.45, 2.75) is 70.4 Å². The van der Waals surface area contributed by atoms with E-state index in [-0.39, 0.29) is 5.76 Å². The number of aliphatic carboxylic acids is 1. The number of hydrogen-bond acceptors (Lipinski definition) is 2. The van der Waals surface area contributed by atoms with Gasteiger partial charge in [0.05, 0.1) is 0 Å². The molecule has 0 fully saturated rings. The quantitative estimate of drug-likeness (QED) is 0.562. The summed E-state index contributed by atoms with van der Waals surface area (Å²) >= 11 is 0. The van der Waals surface area contributed by atoms with E-state index in [1.54, 1.807) is 0 Å². The first-order chi connectivity index (χ1) is 10.0. The van der Waals surface area contributed by atoms with Crippen LogP contribution in [0.3, 0.4) is 0 Å². The van der Waals surface area contributed by atoms with E-state index in [0.29, 0.717) is 6.42 Å². The van der Waals surface area contributed by atoms with Crippen molar-refractivity contribution >= 4 is 5.97 Å². The minimum atomic E-state index is -2.38. The van der Waals surface area contributed by atoms with Gasteiger partial charge in [-0.15, -0.1) is 0 Å². The zero-order chi connectivity index (χ0) is 15.7. The Bertz CT molecular complexity index is 389. The van der Waals surface area contributed by atoms with Crippen molar-refractivity contribution < 1.29 is 19.4 Å². The van der Waals surface area contributed by atoms with Gasteiger partial charge in [0.15, 0.2) is 0 Å². The lowest BCUT2D eigenvalue weighted by atomic mass is 9.81. The highest BCUT2D eigenvalue weighted by Crippen LogP contribution is 2.34. The summed E-state index contributed by atoms with van der Waals surface area (Å²) in [5.41, 5.74) is -2.38. The molecule has 1 aliphatic rings. The highest BCUT2D eigenvalue weighted by molar-refractivity contribution is 5.81. The first-order valence-electron chi connectivity index (χ1n) is 8.03. The van der Waals surface area contributed by atoms with E-state index in [1.165, 1.54) is 38.2 Å². The van der Waals surface area contributed by atoms with Crippen molar-refractivity contribution in [1.29, 1.82) is 0 Å². The SMILES string of the molecule is CCCCCCCCCCC1C=C(O)C=CC1(F)C(=O)O. The molecule has 1 rings (SSSR count). The molecule has 0 amide bonds. The van der Waals surface area contributed by atoms with Crippen molar-refractivity contribution in [2.24, 2.45) is 5.92 Å². The summed E-state index contributed by atoms with van der Waals surface area (Å²) in [5, 5.41) is 18.5. The molecule has 0 spiro atoms. The minimum Gasteiger partial charge on any atom is -0.508 e. The van der Waals surface area contributed by atoms with Gasteiger partial charge in [-0.2, -0.15) is 0 Å². The largest absolute Gasteiger partial charge is 0.508 e. The van der Waals surface area contributed by atoms with Crippen molar-refractivity contribution in [2.75, 3.05) is 0 Å². The van der Waals surface area contributed by atoms with Gasteiger partial charge in [0.2, 0.25) is 5.67 Å². The molecule has 0 aromatic rings. The molecule has 0 aliphatic heterocycles. The normalized spacial score (nSPS) is 24.9. The van der Waals surface area contributed by atoms with Crippen LogP contribution in [0.25, 0.3) is 0 Å². The third-order valence-electron chi connectivity index (χ3n) is 4.10. The van der Waals surface area contributed by atoms with Crippen molar-refractivity contribution in [1.82, 2.24) is 0 Å². The predicted octanol–water partition coefficient (Wildman–Crippen LogP) is 4.94. The third-order valence-corrected chi connectivity index (χ3v) is 4.10. The summed E-state index contributed by atoms with van der Waals surface area (Å²) in [4.78, 5) is 11.1. The van der Waals surface area contributed by atoms with E-state index in [0.717, 1.165) is 31.4 Å². The first-order valence-corrected chi connectivity index (χ1v) is 8.03. The zero-order valence-corrected chi connectivity index (χ0v) is 12.9. The monoisotopic (exact) mass is 298 g/mol. The van der Waals surface area contributed by atoms with E-state index in [1.807, 2.05) is 0 Å². The zero-order valence-electron chi connectivity index (χ0n) is 12.9. The number of hydrogen-bond donors (Lipinski definition) is 2. The van der Waals surface area contributed by atoms with E-state index >= 15 is 0 Å². The fraction of sp³-hybridized carbons (Fsp3) is 0.706. The van der Waals surface area contributed by atoms with Gasteiger partial charge in [-0.3, -0.25) is 0 Å². The highest BCUT2D eigenvalue weighted by atomic mass is 19.1. The van der Waals surface area contributed by atoms with Crippen LogP contribution in [0.2, 0.25) is 0 Å². The van der Waals surface area contributed by atoms with Crippen LogP contribution in [0.1, 0.15) is 64.7 Å². The molecule has 0 saturated carbocycles. The lowest BCUT2D eigenvalue weighted by Crippen LogP contribution is -2.40. The third kappa shape index (κ3) is 5.52. The maximum atomic E-state index is 14.4. The number of unbranched alkanes of at least 4 members (excludes halogenated alkanes) is 7. The molecule has 21 heavy (non-hydrogen) atoms. The van der Waals surface area contributed by atoms with E-state index in [4.69, 9.17) is 5.11 Å². The number of allylic oxidation sites excluding steroid dienone is 2. The van der Waals surface area contributed by atoms with Gasteiger partial charge in [0, 0.05) is 5.92 Å². The molecular formula is C17H27FO3. The Labute approximate surface area is 126 Å². The molecule has 0 aromatic heterocycles. The molecule has 2 atom stereocenters. The van der Waals surface area contributed by atoms with Crippen LogP contribution in [0.15, 0.2) is 24.0 Å². The summed E-state index contributed by atoms with van der Waals surface area (Å²) in [6.45, 7) is 2.19. The van der Waals surface area contributed by atoms with Crippen molar-refractivity contribution in [3.8, 4) is 0 Å². The Morgan fingerprint density at radius 3 is 2.33 bits per heavy atom. The Balaban J connectivity index is 2.29. The van der Waals surface area contributed by atoms with Crippen molar-refractivity contribution in [3.63, 3.8) is 0 Å². The van der Waals surface area contributed by atoms with Crippen LogP contribution in [-0.2, 0) is 4.79 Å². The molecule has 0 aromatic carbocycles. The number of rotatable bonds is 10. The smallest absolute Gasteiger partial charge is 0.346 e. The second-order valence-electron chi connectivity index (χ2n) is 5.87. The number of carbonyl (C=O) groups is 1. The average Bonchev–Trinajstić information content (AvgIpc) is 2.45. The fourth-order valence-corrected chi connectivity index (χ4v) is 2.73. The maximum absolute atomic E-state index is 14.4. The van der Waals surface area contributed by atoms with Crippen LogP contribution in [-0.4, -0.2) is 21.9 Å². The molecule has 0 radical (unpaired) electrons. The summed E-state index contributed by atoms with van der Waals surface area (Å²) in [5.74, 6) is -2.30. The number of carboxylic acids is 1. The second-order valence-corrected chi connectivity index (χ2v) is 5.87.